The molecule has 1 unspecified atom stereocenters. The van der Waals surface area contributed by atoms with Crippen LogP contribution in [0.4, 0.5) is 5.69 Å². The smallest absolute Gasteiger partial charge is 0.339 e. The molecule has 2 aromatic heterocycles. The molecule has 8 nitrogen and oxygen atoms in total. The average Bonchev–Trinajstić information content (AvgIpc) is 2.95. The minimum atomic E-state index is -1.00. The number of carboxylic acid groups (broad SMARTS) is 1. The molecule has 0 bridgehead atoms. The number of nitrogens with one attached hydrogen (secondary N) is 1. The number of aromatic nitrogens is 3. The Morgan fingerprint density at radius 3 is 3.24 bits per heavy atom. The molecule has 2 aromatic rings. The summed E-state index contributed by atoms with van der Waals surface area (Å²) in [5.41, 5.74) is 1.37. The van der Waals surface area contributed by atoms with Crippen molar-refractivity contribution in [3.05, 3.63) is 18.0 Å². The zero-order valence-corrected chi connectivity index (χ0v) is 11.6. The zero-order valence-electron chi connectivity index (χ0n) is 11.6. The average molecular weight is 292 g/mol. The quantitative estimate of drug-likeness (QED) is 0.846. The van der Waals surface area contributed by atoms with Crippen LogP contribution in [-0.2, 0) is 9.47 Å². The van der Waals surface area contributed by atoms with Crippen molar-refractivity contribution in [3.63, 3.8) is 0 Å². The summed E-state index contributed by atoms with van der Waals surface area (Å²) in [5.74, 6) is -1.00. The van der Waals surface area contributed by atoms with Crippen molar-refractivity contribution in [3.8, 4) is 0 Å². The Hall–Kier alpha value is -2.19. The molecular weight excluding hydrogens is 276 g/mol. The van der Waals surface area contributed by atoms with Gasteiger partial charge >= 0.3 is 5.97 Å². The van der Waals surface area contributed by atoms with Gasteiger partial charge in [0.2, 0.25) is 0 Å². The largest absolute Gasteiger partial charge is 0.478 e. The van der Waals surface area contributed by atoms with Gasteiger partial charge in [0, 0.05) is 26.4 Å². The van der Waals surface area contributed by atoms with Gasteiger partial charge in [-0.25, -0.2) is 9.78 Å². The van der Waals surface area contributed by atoms with E-state index in [-0.39, 0.29) is 11.7 Å². The maximum Gasteiger partial charge on any atom is 0.339 e. The number of methoxy groups -OCH3 is 1. The van der Waals surface area contributed by atoms with Crippen LogP contribution in [0.5, 0.6) is 0 Å². The number of hydrogen-bond acceptors (Lipinski definition) is 6. The molecule has 3 heterocycles. The summed E-state index contributed by atoms with van der Waals surface area (Å²) in [6.45, 7) is 2.18. The van der Waals surface area contributed by atoms with E-state index >= 15 is 0 Å². The first kappa shape index (κ1) is 13.8. The molecule has 0 spiro atoms. The highest BCUT2D eigenvalue weighted by Crippen LogP contribution is 2.30. The van der Waals surface area contributed by atoms with Gasteiger partial charge in [0.05, 0.1) is 36.6 Å². The van der Waals surface area contributed by atoms with Gasteiger partial charge < -0.3 is 19.5 Å². The molecule has 2 N–H and O–H groups in total. The number of anilines is 1. The molecule has 3 rings (SSSR count). The van der Waals surface area contributed by atoms with Crippen LogP contribution >= 0.6 is 0 Å². The number of rotatable bonds is 4. The van der Waals surface area contributed by atoms with Crippen molar-refractivity contribution in [2.75, 3.05) is 38.3 Å². The molecule has 1 saturated heterocycles. The molecule has 1 aliphatic rings. The Morgan fingerprint density at radius 2 is 2.48 bits per heavy atom. The summed E-state index contributed by atoms with van der Waals surface area (Å²) in [6, 6.07) is 0. The third-order valence-electron chi connectivity index (χ3n) is 3.49. The predicted octanol–water partition coefficient (Wildman–Crippen LogP) is 0.508. The second kappa shape index (κ2) is 5.66. The van der Waals surface area contributed by atoms with Crippen molar-refractivity contribution in [2.45, 2.75) is 6.10 Å². The molecular formula is C13H16N4O4. The van der Waals surface area contributed by atoms with Crippen molar-refractivity contribution >= 4 is 22.7 Å². The summed E-state index contributed by atoms with van der Waals surface area (Å²) >= 11 is 0. The number of ether oxygens (including phenoxy) is 2. The maximum absolute atomic E-state index is 11.5. The van der Waals surface area contributed by atoms with Gasteiger partial charge in [0.25, 0.3) is 0 Å². The monoisotopic (exact) mass is 292 g/mol. The number of aromatic amines is 1. The van der Waals surface area contributed by atoms with Crippen molar-refractivity contribution < 1.29 is 19.4 Å². The van der Waals surface area contributed by atoms with E-state index in [1.165, 1.54) is 6.20 Å². The lowest BCUT2D eigenvalue weighted by atomic mass is 10.1. The van der Waals surface area contributed by atoms with E-state index in [0.717, 1.165) is 0 Å². The number of fused-ring (bicyclic) bond motifs is 1. The molecule has 1 aliphatic heterocycles. The number of aromatic carboxylic acids is 1. The van der Waals surface area contributed by atoms with Gasteiger partial charge in [-0.05, 0) is 0 Å². The van der Waals surface area contributed by atoms with Gasteiger partial charge in [-0.1, -0.05) is 0 Å². The second-order valence-electron chi connectivity index (χ2n) is 4.85. The van der Waals surface area contributed by atoms with E-state index in [9.17, 15) is 9.90 Å². The van der Waals surface area contributed by atoms with Crippen LogP contribution in [0.1, 0.15) is 10.4 Å². The van der Waals surface area contributed by atoms with Gasteiger partial charge in [0.1, 0.15) is 5.56 Å². The summed E-state index contributed by atoms with van der Waals surface area (Å²) in [7, 11) is 1.62. The van der Waals surface area contributed by atoms with Gasteiger partial charge in [-0.2, -0.15) is 5.10 Å². The third-order valence-corrected chi connectivity index (χ3v) is 3.49. The lowest BCUT2D eigenvalue weighted by molar-refractivity contribution is -0.0100. The fraction of sp³-hybridized carbons (Fsp3) is 0.462. The number of carbonyl (C=O) groups is 1. The van der Waals surface area contributed by atoms with Gasteiger partial charge in [0.15, 0.2) is 5.65 Å². The van der Waals surface area contributed by atoms with Crippen LogP contribution in [0.25, 0.3) is 11.0 Å². The number of morpholine rings is 1. The summed E-state index contributed by atoms with van der Waals surface area (Å²) in [6.07, 6.45) is 2.88. The maximum atomic E-state index is 11.5. The fourth-order valence-corrected chi connectivity index (χ4v) is 2.59. The first-order valence-corrected chi connectivity index (χ1v) is 6.61. The van der Waals surface area contributed by atoms with E-state index in [2.05, 4.69) is 15.2 Å². The number of hydrogen-bond donors (Lipinski definition) is 2. The van der Waals surface area contributed by atoms with Gasteiger partial charge in [-0.15, -0.1) is 0 Å². The molecule has 21 heavy (non-hydrogen) atoms. The highest BCUT2D eigenvalue weighted by molar-refractivity contribution is 6.03. The standard InChI is InChI=1S/C13H16N4O4/c1-20-7-8-6-17(2-3-21-8)11-9-5-15-16-12(9)14-4-10(11)13(18)19/h4-5,8H,2-3,6-7H2,1H3,(H,18,19)(H,14,15,16). The minimum absolute atomic E-state index is 0.0829. The lowest BCUT2D eigenvalue weighted by Gasteiger charge is -2.35. The van der Waals surface area contributed by atoms with Crippen molar-refractivity contribution in [1.29, 1.82) is 0 Å². The van der Waals surface area contributed by atoms with Crippen LogP contribution < -0.4 is 4.90 Å². The second-order valence-corrected chi connectivity index (χ2v) is 4.85. The number of pyridine rings is 1. The Labute approximate surface area is 120 Å². The molecule has 0 aromatic carbocycles. The molecule has 0 aliphatic carbocycles. The minimum Gasteiger partial charge on any atom is -0.478 e. The summed E-state index contributed by atoms with van der Waals surface area (Å²) < 4.78 is 10.7. The summed E-state index contributed by atoms with van der Waals surface area (Å²) in [5, 5.41) is 16.8. The van der Waals surface area contributed by atoms with E-state index < -0.39 is 5.97 Å². The van der Waals surface area contributed by atoms with Gasteiger partial charge in [-0.3, -0.25) is 5.10 Å². The van der Waals surface area contributed by atoms with E-state index in [4.69, 9.17) is 9.47 Å². The van der Waals surface area contributed by atoms with E-state index in [1.807, 2.05) is 4.90 Å². The number of carboxylic acids is 1. The summed E-state index contributed by atoms with van der Waals surface area (Å²) in [4.78, 5) is 17.6. The molecule has 0 radical (unpaired) electrons. The van der Waals surface area contributed by atoms with Crippen molar-refractivity contribution in [1.82, 2.24) is 15.2 Å². The Bertz CT molecular complexity index is 655. The Kier molecular flexibility index (Phi) is 3.72. The van der Waals surface area contributed by atoms with Crippen LogP contribution in [0, 0.1) is 0 Å². The number of H-pyrrole nitrogens is 1. The highest BCUT2D eigenvalue weighted by Gasteiger charge is 2.26. The lowest BCUT2D eigenvalue weighted by Crippen LogP contribution is -2.45. The van der Waals surface area contributed by atoms with Crippen molar-refractivity contribution in [2.24, 2.45) is 0 Å². The molecule has 1 atom stereocenters. The first-order chi connectivity index (χ1) is 10.2. The van der Waals surface area contributed by atoms with Crippen LogP contribution in [0.2, 0.25) is 0 Å². The molecule has 0 saturated carbocycles. The zero-order chi connectivity index (χ0) is 14.8. The van der Waals surface area contributed by atoms with E-state index in [0.29, 0.717) is 43.0 Å². The first-order valence-electron chi connectivity index (χ1n) is 6.61. The van der Waals surface area contributed by atoms with E-state index in [1.54, 1.807) is 13.3 Å². The van der Waals surface area contributed by atoms with Crippen LogP contribution in [-0.4, -0.2) is 65.8 Å². The normalized spacial score (nSPS) is 19.1. The fourth-order valence-electron chi connectivity index (χ4n) is 2.59. The Balaban J connectivity index is 2.03. The predicted molar refractivity (Wildman–Crippen MR) is 74.7 cm³/mol. The van der Waals surface area contributed by atoms with Crippen LogP contribution in [0.3, 0.4) is 0 Å². The molecule has 1 fully saturated rings. The highest BCUT2D eigenvalue weighted by atomic mass is 16.5. The van der Waals surface area contributed by atoms with Crippen LogP contribution in [0.15, 0.2) is 12.4 Å². The molecule has 112 valence electrons. The SMILES string of the molecule is COCC1CN(c2c(C(=O)O)cnc3[nH]ncc23)CCO1. The third kappa shape index (κ3) is 2.55. The Morgan fingerprint density at radius 1 is 1.62 bits per heavy atom. The topological polar surface area (TPSA) is 101 Å². The molecule has 8 heteroatoms. The number of nitrogens with zero attached hydrogens (tertiary/aromatic N) is 3. The molecule has 0 amide bonds.